The number of halogens is 2. The fourth-order valence-electron chi connectivity index (χ4n) is 2.96. The predicted octanol–water partition coefficient (Wildman–Crippen LogP) is 1.66. The van der Waals surface area contributed by atoms with E-state index in [0.29, 0.717) is 6.04 Å². The normalized spacial score (nSPS) is 19.9. The van der Waals surface area contributed by atoms with Gasteiger partial charge in [0.15, 0.2) is 5.96 Å². The molecule has 1 saturated heterocycles. The monoisotopic (exact) mass is 512 g/mol. The summed E-state index contributed by atoms with van der Waals surface area (Å²) in [5.74, 6) is 0.934. The van der Waals surface area contributed by atoms with E-state index in [1.165, 1.54) is 5.69 Å². The first-order valence-corrected chi connectivity index (χ1v) is 8.81. The smallest absolute Gasteiger partial charge is 0.193 e. The van der Waals surface area contributed by atoms with E-state index in [2.05, 4.69) is 86.0 Å². The lowest BCUT2D eigenvalue weighted by molar-refractivity contribution is 0.116. The second-order valence-electron chi connectivity index (χ2n) is 6.44. The number of likely N-dealkylation sites (N-methyl/N-ethyl adjacent to an activating group) is 2. The Hall–Kier alpha value is -0.320. The largest absolute Gasteiger partial charge is 0.355 e. The molecule has 1 aromatic heterocycles. The molecule has 8 heteroatoms. The maximum Gasteiger partial charge on any atom is 0.193 e. The van der Waals surface area contributed by atoms with Gasteiger partial charge in [0, 0.05) is 69.7 Å². The van der Waals surface area contributed by atoms with Gasteiger partial charge in [-0.15, -0.1) is 24.0 Å². The van der Waals surface area contributed by atoms with E-state index in [1.807, 2.05) is 7.05 Å². The minimum Gasteiger partial charge on any atom is -0.355 e. The molecule has 1 atom stereocenters. The molecule has 0 amide bonds. The molecule has 0 radical (unpaired) electrons. The summed E-state index contributed by atoms with van der Waals surface area (Å²) < 4.78 is 3.25. The average molecular weight is 513 g/mol. The molecule has 0 spiro atoms. The third-order valence-electron chi connectivity index (χ3n) is 4.52. The van der Waals surface area contributed by atoms with Gasteiger partial charge in [0.25, 0.3) is 0 Å². The van der Waals surface area contributed by atoms with Crippen LogP contribution in [0.3, 0.4) is 0 Å². The van der Waals surface area contributed by atoms with Crippen LogP contribution >= 0.6 is 39.9 Å². The molecule has 2 rings (SSSR count). The van der Waals surface area contributed by atoms with Crippen LogP contribution in [-0.4, -0.2) is 85.6 Å². The van der Waals surface area contributed by atoms with Crippen molar-refractivity contribution in [1.29, 1.82) is 0 Å². The van der Waals surface area contributed by atoms with Crippen LogP contribution in [0.25, 0.3) is 0 Å². The minimum atomic E-state index is 0. The highest BCUT2D eigenvalue weighted by atomic mass is 127. The van der Waals surface area contributed by atoms with E-state index in [9.17, 15) is 0 Å². The summed E-state index contributed by atoms with van der Waals surface area (Å²) in [7, 11) is 10.4. The van der Waals surface area contributed by atoms with Gasteiger partial charge >= 0.3 is 0 Å². The third kappa shape index (κ3) is 5.89. The average Bonchev–Trinajstić information content (AvgIpc) is 2.81. The second kappa shape index (κ2) is 9.98. The molecule has 0 aromatic carbocycles. The minimum absolute atomic E-state index is 0. The van der Waals surface area contributed by atoms with Gasteiger partial charge in [0.1, 0.15) is 0 Å². The SMILES string of the molecule is CN=C(NCC1CN(C)CCN1C)N(C)Cc1cc(Br)cn1C.I. The highest BCUT2D eigenvalue weighted by Gasteiger charge is 2.22. The van der Waals surface area contributed by atoms with Crippen molar-refractivity contribution in [2.45, 2.75) is 12.6 Å². The first-order chi connectivity index (χ1) is 10.9. The molecule has 1 fully saturated rings. The van der Waals surface area contributed by atoms with Gasteiger partial charge in [-0.25, -0.2) is 0 Å². The van der Waals surface area contributed by atoms with E-state index in [4.69, 9.17) is 0 Å². The van der Waals surface area contributed by atoms with Crippen molar-refractivity contribution in [1.82, 2.24) is 24.6 Å². The van der Waals surface area contributed by atoms with Crippen molar-refractivity contribution >= 4 is 45.9 Å². The molecule has 0 saturated carbocycles. The zero-order chi connectivity index (χ0) is 17.0. The molecular formula is C16H30BrIN6. The van der Waals surface area contributed by atoms with Crippen LogP contribution in [0.4, 0.5) is 0 Å². The number of nitrogens with one attached hydrogen (secondary N) is 1. The molecule has 0 aliphatic carbocycles. The van der Waals surface area contributed by atoms with Crippen molar-refractivity contribution < 1.29 is 0 Å². The van der Waals surface area contributed by atoms with Gasteiger partial charge in [-0.2, -0.15) is 0 Å². The Kier molecular flexibility index (Phi) is 9.03. The van der Waals surface area contributed by atoms with Crippen LogP contribution < -0.4 is 5.32 Å². The molecule has 24 heavy (non-hydrogen) atoms. The molecule has 1 aliphatic rings. The number of piperazine rings is 1. The van der Waals surface area contributed by atoms with Crippen LogP contribution in [-0.2, 0) is 13.6 Å². The van der Waals surface area contributed by atoms with E-state index in [0.717, 1.165) is 43.2 Å². The van der Waals surface area contributed by atoms with E-state index >= 15 is 0 Å². The Labute approximate surface area is 171 Å². The Balaban J connectivity index is 0.00000288. The second-order valence-corrected chi connectivity index (χ2v) is 7.36. The molecule has 2 heterocycles. The topological polar surface area (TPSA) is 39.0 Å². The van der Waals surface area contributed by atoms with Gasteiger partial charge in [0.05, 0.1) is 6.54 Å². The number of aryl methyl sites for hydroxylation is 1. The highest BCUT2D eigenvalue weighted by Crippen LogP contribution is 2.15. The Morgan fingerprint density at radius 3 is 2.67 bits per heavy atom. The van der Waals surface area contributed by atoms with Crippen LogP contribution in [0.2, 0.25) is 0 Å². The Bertz CT molecular complexity index is 547. The standard InChI is InChI=1S/C16H29BrN6.HI/c1-18-16(19-9-15-11-20(2)6-7-21(15)3)23(5)12-14-8-13(17)10-22(14)4;/h8,10,15H,6-7,9,11-12H2,1-5H3,(H,18,19);1H. The van der Waals surface area contributed by atoms with Crippen molar-refractivity contribution in [2.75, 3.05) is 54.4 Å². The summed E-state index contributed by atoms with van der Waals surface area (Å²) >= 11 is 3.53. The van der Waals surface area contributed by atoms with E-state index in [-0.39, 0.29) is 24.0 Å². The molecule has 138 valence electrons. The summed E-state index contributed by atoms with van der Waals surface area (Å²) in [6.07, 6.45) is 2.08. The molecule has 1 N–H and O–H groups in total. The van der Waals surface area contributed by atoms with Crippen LogP contribution in [0.15, 0.2) is 21.7 Å². The van der Waals surface area contributed by atoms with E-state index < -0.39 is 0 Å². The number of hydrogen-bond donors (Lipinski definition) is 1. The quantitative estimate of drug-likeness (QED) is 0.378. The third-order valence-corrected chi connectivity index (χ3v) is 4.96. The zero-order valence-electron chi connectivity index (χ0n) is 15.3. The first-order valence-electron chi connectivity index (χ1n) is 8.02. The molecule has 1 aliphatic heterocycles. The number of hydrogen-bond acceptors (Lipinski definition) is 3. The lowest BCUT2D eigenvalue weighted by Gasteiger charge is -2.38. The van der Waals surface area contributed by atoms with Gasteiger partial charge in [-0.05, 0) is 36.1 Å². The summed E-state index contributed by atoms with van der Waals surface area (Å²) in [5, 5.41) is 3.52. The lowest BCUT2D eigenvalue weighted by atomic mass is 10.2. The summed E-state index contributed by atoms with van der Waals surface area (Å²) in [4.78, 5) is 11.4. The summed E-state index contributed by atoms with van der Waals surface area (Å²) in [5.41, 5.74) is 1.25. The first kappa shape index (κ1) is 21.7. The number of aromatic nitrogens is 1. The highest BCUT2D eigenvalue weighted by molar-refractivity contribution is 14.0. The van der Waals surface area contributed by atoms with Crippen LogP contribution in [0.1, 0.15) is 5.69 Å². The van der Waals surface area contributed by atoms with Crippen molar-refractivity contribution in [3.05, 3.63) is 22.4 Å². The van der Waals surface area contributed by atoms with Gasteiger partial charge in [-0.3, -0.25) is 9.89 Å². The van der Waals surface area contributed by atoms with E-state index in [1.54, 1.807) is 0 Å². The molecule has 1 unspecified atom stereocenters. The van der Waals surface area contributed by atoms with Gasteiger partial charge in [-0.1, -0.05) is 0 Å². The van der Waals surface area contributed by atoms with Crippen LogP contribution in [0, 0.1) is 0 Å². The fraction of sp³-hybridized carbons (Fsp3) is 0.688. The Morgan fingerprint density at radius 2 is 2.08 bits per heavy atom. The van der Waals surface area contributed by atoms with Crippen LogP contribution in [0.5, 0.6) is 0 Å². The lowest BCUT2D eigenvalue weighted by Crippen LogP contribution is -2.55. The molecule has 0 bridgehead atoms. The predicted molar refractivity (Wildman–Crippen MR) is 115 cm³/mol. The maximum absolute atomic E-state index is 4.43. The van der Waals surface area contributed by atoms with Crippen molar-refractivity contribution in [3.63, 3.8) is 0 Å². The fourth-order valence-corrected chi connectivity index (χ4v) is 3.53. The molecular weight excluding hydrogens is 483 g/mol. The van der Waals surface area contributed by atoms with Gasteiger partial charge in [0.2, 0.25) is 0 Å². The van der Waals surface area contributed by atoms with Crippen molar-refractivity contribution in [3.8, 4) is 0 Å². The number of guanidine groups is 1. The Morgan fingerprint density at radius 1 is 1.38 bits per heavy atom. The maximum atomic E-state index is 4.43. The number of nitrogens with zero attached hydrogens (tertiary/aromatic N) is 5. The van der Waals surface area contributed by atoms with Gasteiger partial charge < -0.3 is 19.7 Å². The number of rotatable bonds is 4. The summed E-state index contributed by atoms with van der Waals surface area (Å²) in [6, 6.07) is 2.66. The summed E-state index contributed by atoms with van der Waals surface area (Å²) in [6.45, 7) is 5.09. The molecule has 1 aromatic rings. The zero-order valence-corrected chi connectivity index (χ0v) is 19.2. The van der Waals surface area contributed by atoms with Crippen molar-refractivity contribution in [2.24, 2.45) is 12.0 Å². The molecule has 6 nitrogen and oxygen atoms in total. The number of aliphatic imine (C=N–C) groups is 1.